The molecule has 0 bridgehead atoms. The number of hydrogen-bond donors (Lipinski definition) is 2. The number of likely N-dealkylation sites (N-methyl/N-ethyl adjacent to an activating group) is 1. The number of pyridine rings is 1. The largest absolute Gasteiger partial charge is 0.493 e. The summed E-state index contributed by atoms with van der Waals surface area (Å²) < 4.78 is 39.3. The molecule has 0 unspecified atom stereocenters. The lowest BCUT2D eigenvalue weighted by atomic mass is 10.0. The van der Waals surface area contributed by atoms with E-state index in [4.69, 9.17) is 11.6 Å². The fraction of sp³-hybridized carbons (Fsp3) is 0.370. The molecule has 3 amide bonds. The standard InChI is InChI=1S/C27H28ClF3N8O4/c1-26(2)20-18(15-38(26)25(42)33-19-5-4-10-32-21(19)28)22(35-39(20)43-24(41)27(29,30)31)34-23(40)16-6-8-17(9-7-16)37-13-11-36(3)12-14-37/h4-10H,11-15H2,1-3H3,(H,33,42)(H,34,35,40). The first-order chi connectivity index (χ1) is 20.3. The van der Waals surface area contributed by atoms with Gasteiger partial charge >= 0.3 is 18.2 Å². The van der Waals surface area contributed by atoms with Gasteiger partial charge in [0.1, 0.15) is 5.69 Å². The van der Waals surface area contributed by atoms with Crippen LogP contribution in [0.25, 0.3) is 0 Å². The number of amides is 3. The van der Waals surface area contributed by atoms with Crippen molar-refractivity contribution in [3.8, 4) is 0 Å². The number of nitrogens with one attached hydrogen (secondary N) is 2. The molecule has 2 aliphatic rings. The summed E-state index contributed by atoms with van der Waals surface area (Å²) in [6.07, 6.45) is -3.88. The Hall–Kier alpha value is -4.37. The van der Waals surface area contributed by atoms with Gasteiger partial charge in [-0.05, 0) is 57.3 Å². The number of rotatable bonds is 5. The number of benzene rings is 1. The monoisotopic (exact) mass is 620 g/mol. The van der Waals surface area contributed by atoms with Gasteiger partial charge in [-0.1, -0.05) is 16.4 Å². The quantitative estimate of drug-likeness (QED) is 0.414. The van der Waals surface area contributed by atoms with Crippen LogP contribution in [0.3, 0.4) is 0 Å². The predicted molar refractivity (Wildman–Crippen MR) is 151 cm³/mol. The van der Waals surface area contributed by atoms with Gasteiger partial charge in [0.2, 0.25) is 0 Å². The first-order valence-electron chi connectivity index (χ1n) is 13.2. The fourth-order valence-electron chi connectivity index (χ4n) is 5.02. The van der Waals surface area contributed by atoms with Crippen LogP contribution in [0.15, 0.2) is 42.6 Å². The molecule has 0 atom stereocenters. The van der Waals surface area contributed by atoms with Crippen molar-refractivity contribution < 1.29 is 32.4 Å². The molecule has 228 valence electrons. The van der Waals surface area contributed by atoms with Crippen LogP contribution in [-0.2, 0) is 16.9 Å². The molecule has 16 heteroatoms. The molecular formula is C27H28ClF3N8O4. The maximum absolute atomic E-state index is 13.3. The summed E-state index contributed by atoms with van der Waals surface area (Å²) in [7, 11) is 2.05. The van der Waals surface area contributed by atoms with E-state index >= 15 is 0 Å². The first kappa shape index (κ1) is 30.1. The van der Waals surface area contributed by atoms with Crippen molar-refractivity contribution in [1.82, 2.24) is 24.7 Å². The van der Waals surface area contributed by atoms with E-state index in [1.54, 1.807) is 18.2 Å². The first-order valence-corrected chi connectivity index (χ1v) is 13.6. The molecule has 3 aromatic rings. The van der Waals surface area contributed by atoms with Gasteiger partial charge in [-0.3, -0.25) is 4.79 Å². The lowest BCUT2D eigenvalue weighted by Gasteiger charge is -2.34. The lowest BCUT2D eigenvalue weighted by Crippen LogP contribution is -2.45. The van der Waals surface area contributed by atoms with Gasteiger partial charge in [0, 0.05) is 49.2 Å². The molecule has 43 heavy (non-hydrogen) atoms. The molecule has 1 saturated heterocycles. The zero-order chi connectivity index (χ0) is 31.1. The molecule has 2 aliphatic heterocycles. The van der Waals surface area contributed by atoms with Gasteiger partial charge in [0.25, 0.3) is 5.91 Å². The van der Waals surface area contributed by atoms with Crippen LogP contribution in [0.1, 0.15) is 35.5 Å². The van der Waals surface area contributed by atoms with E-state index in [2.05, 4.69) is 42.4 Å². The van der Waals surface area contributed by atoms with E-state index in [0.29, 0.717) is 4.85 Å². The summed E-state index contributed by atoms with van der Waals surface area (Å²) in [5.74, 6) is -3.28. The molecule has 2 aromatic heterocycles. The summed E-state index contributed by atoms with van der Waals surface area (Å²) >= 11 is 6.07. The summed E-state index contributed by atoms with van der Waals surface area (Å²) in [4.78, 5) is 52.8. The number of fused-ring (bicyclic) bond motifs is 1. The van der Waals surface area contributed by atoms with Crippen molar-refractivity contribution in [2.24, 2.45) is 0 Å². The second kappa shape index (κ2) is 11.4. The number of aromatic nitrogens is 3. The predicted octanol–water partition coefficient (Wildman–Crippen LogP) is 3.74. The van der Waals surface area contributed by atoms with E-state index in [9.17, 15) is 27.6 Å². The lowest BCUT2D eigenvalue weighted by molar-refractivity contribution is -0.202. The smallest absolute Gasteiger partial charge is 0.369 e. The van der Waals surface area contributed by atoms with Crippen molar-refractivity contribution in [2.45, 2.75) is 32.1 Å². The van der Waals surface area contributed by atoms with Crippen LogP contribution in [0.2, 0.25) is 5.15 Å². The number of anilines is 3. The summed E-state index contributed by atoms with van der Waals surface area (Å²) in [5, 5.41) is 9.22. The Bertz CT molecular complexity index is 1550. The topological polar surface area (TPSA) is 125 Å². The molecule has 12 nitrogen and oxygen atoms in total. The Kier molecular flexibility index (Phi) is 7.96. The zero-order valence-corrected chi connectivity index (χ0v) is 24.2. The van der Waals surface area contributed by atoms with E-state index in [1.807, 2.05) is 12.1 Å². The molecule has 5 rings (SSSR count). The SMILES string of the molecule is CN1CCN(c2ccc(C(=O)Nc3nn(OC(=O)C(F)(F)F)c4c3CN(C(=O)Nc3cccnc3Cl)C4(C)C)cc2)CC1. The van der Waals surface area contributed by atoms with Crippen molar-refractivity contribution in [1.29, 1.82) is 0 Å². The van der Waals surface area contributed by atoms with Crippen molar-refractivity contribution in [2.75, 3.05) is 48.8 Å². The molecular weight excluding hydrogens is 593 g/mol. The summed E-state index contributed by atoms with van der Waals surface area (Å²) in [6.45, 7) is 6.39. The Morgan fingerprint density at radius 1 is 1.02 bits per heavy atom. The third-order valence-electron chi connectivity index (χ3n) is 7.40. The molecule has 2 N–H and O–H groups in total. The van der Waals surface area contributed by atoms with Gasteiger partial charge in [0.15, 0.2) is 11.0 Å². The van der Waals surface area contributed by atoms with Gasteiger partial charge < -0.3 is 30.2 Å². The Morgan fingerprint density at radius 3 is 2.33 bits per heavy atom. The molecule has 1 aromatic carbocycles. The van der Waals surface area contributed by atoms with Gasteiger partial charge in [-0.15, -0.1) is 5.10 Å². The van der Waals surface area contributed by atoms with Crippen LogP contribution in [-0.4, -0.2) is 82.0 Å². The minimum atomic E-state index is -5.31. The number of alkyl halides is 3. The fourth-order valence-corrected chi connectivity index (χ4v) is 5.18. The van der Waals surface area contributed by atoms with E-state index in [0.717, 1.165) is 31.9 Å². The van der Waals surface area contributed by atoms with Gasteiger partial charge in [0.05, 0.1) is 17.8 Å². The number of hydrogen-bond acceptors (Lipinski definition) is 8. The van der Waals surface area contributed by atoms with Crippen LogP contribution in [0.4, 0.5) is 35.2 Å². The molecule has 0 radical (unpaired) electrons. The number of piperazine rings is 1. The maximum atomic E-state index is 13.3. The van der Waals surface area contributed by atoms with E-state index < -0.39 is 29.6 Å². The minimum absolute atomic E-state index is 0.0294. The van der Waals surface area contributed by atoms with Crippen LogP contribution >= 0.6 is 11.6 Å². The van der Waals surface area contributed by atoms with Gasteiger partial charge in [-0.25, -0.2) is 14.6 Å². The maximum Gasteiger partial charge on any atom is 0.493 e. The number of carbonyl (C=O) groups excluding carboxylic acids is 3. The molecule has 4 heterocycles. The van der Waals surface area contributed by atoms with E-state index in [1.165, 1.54) is 31.0 Å². The molecule has 0 spiro atoms. The molecule has 0 saturated carbocycles. The normalized spacial score (nSPS) is 16.5. The van der Waals surface area contributed by atoms with Gasteiger partial charge in [-0.2, -0.15) is 13.2 Å². The average molecular weight is 621 g/mol. The van der Waals surface area contributed by atoms with Crippen LogP contribution in [0, 0.1) is 0 Å². The third kappa shape index (κ3) is 6.08. The highest BCUT2D eigenvalue weighted by molar-refractivity contribution is 6.32. The molecule has 1 fully saturated rings. The summed E-state index contributed by atoms with van der Waals surface area (Å²) in [5.41, 5.74) is 0.241. The number of urea groups is 1. The second-order valence-electron chi connectivity index (χ2n) is 10.6. The van der Waals surface area contributed by atoms with Crippen molar-refractivity contribution in [3.63, 3.8) is 0 Å². The van der Waals surface area contributed by atoms with E-state index in [-0.39, 0.29) is 40.0 Å². The van der Waals surface area contributed by atoms with Crippen molar-refractivity contribution in [3.05, 3.63) is 64.6 Å². The Balaban J connectivity index is 1.41. The van der Waals surface area contributed by atoms with Crippen molar-refractivity contribution >= 4 is 46.7 Å². The van der Waals surface area contributed by atoms with Crippen LogP contribution in [0.5, 0.6) is 0 Å². The highest BCUT2D eigenvalue weighted by Gasteiger charge is 2.49. The zero-order valence-electron chi connectivity index (χ0n) is 23.4. The Morgan fingerprint density at radius 2 is 1.70 bits per heavy atom. The average Bonchev–Trinajstić information content (AvgIpc) is 3.44. The Labute approximate surface area is 249 Å². The van der Waals surface area contributed by atoms with Crippen LogP contribution < -0.4 is 20.4 Å². The summed E-state index contributed by atoms with van der Waals surface area (Å²) in [6, 6.07) is 9.31. The highest BCUT2D eigenvalue weighted by Crippen LogP contribution is 2.42. The number of nitrogens with zero attached hydrogens (tertiary/aromatic N) is 6. The number of carbonyl (C=O) groups is 3. The minimum Gasteiger partial charge on any atom is -0.369 e. The highest BCUT2D eigenvalue weighted by atomic mass is 35.5. The number of halogens is 4. The second-order valence-corrected chi connectivity index (χ2v) is 11.0. The third-order valence-corrected chi connectivity index (χ3v) is 7.70. The molecule has 0 aliphatic carbocycles.